The van der Waals surface area contributed by atoms with Crippen molar-refractivity contribution in [2.45, 2.75) is 116 Å². The number of benzene rings is 1. The third-order valence-corrected chi connectivity index (χ3v) is 8.87. The summed E-state index contributed by atoms with van der Waals surface area (Å²) in [4.78, 5) is 11.4. The molecule has 1 N–H and O–H groups in total. The zero-order valence-corrected chi connectivity index (χ0v) is 22.0. The van der Waals surface area contributed by atoms with E-state index in [1.54, 1.807) is 6.92 Å². The first kappa shape index (κ1) is 27.2. The van der Waals surface area contributed by atoms with Crippen molar-refractivity contribution in [3.8, 4) is 0 Å². The van der Waals surface area contributed by atoms with E-state index >= 15 is 0 Å². The number of hydrogen-bond donors (Lipinski definition) is 1. The standard InChI is InChI=1S/C31H50O3/c1-3-5-6-7-24-10-14-27(15-11-24)29-18-20-30(21-19-29)28-16-12-25(13-17-28)8-9-26(22-32)23-34-31(33)4-2/h12-13,16-17,24,26-27,29-30,32H,3-11,14-15,18-23H2,1-2H3. The van der Waals surface area contributed by atoms with Crippen molar-refractivity contribution in [3.05, 3.63) is 35.4 Å². The van der Waals surface area contributed by atoms with Crippen LogP contribution in [0.15, 0.2) is 24.3 Å². The van der Waals surface area contributed by atoms with Gasteiger partial charge in [0.25, 0.3) is 0 Å². The summed E-state index contributed by atoms with van der Waals surface area (Å²) in [7, 11) is 0. The Morgan fingerprint density at radius 1 is 0.941 bits per heavy atom. The molecule has 2 fully saturated rings. The van der Waals surface area contributed by atoms with Crippen molar-refractivity contribution in [1.29, 1.82) is 0 Å². The monoisotopic (exact) mass is 470 g/mol. The van der Waals surface area contributed by atoms with E-state index in [0.717, 1.165) is 36.5 Å². The molecule has 0 bridgehead atoms. The van der Waals surface area contributed by atoms with Gasteiger partial charge < -0.3 is 9.84 Å². The lowest BCUT2D eigenvalue weighted by molar-refractivity contribution is -0.145. The normalized spacial score (nSPS) is 26.2. The van der Waals surface area contributed by atoms with Gasteiger partial charge in [-0.3, -0.25) is 4.79 Å². The van der Waals surface area contributed by atoms with Crippen molar-refractivity contribution < 1.29 is 14.6 Å². The number of aliphatic hydroxyl groups is 1. The molecule has 192 valence electrons. The average Bonchev–Trinajstić information content (AvgIpc) is 2.89. The van der Waals surface area contributed by atoms with Crippen LogP contribution in [0.5, 0.6) is 0 Å². The van der Waals surface area contributed by atoms with Crippen LogP contribution in [0.25, 0.3) is 0 Å². The molecule has 1 aromatic carbocycles. The van der Waals surface area contributed by atoms with E-state index in [1.807, 2.05) is 0 Å². The van der Waals surface area contributed by atoms with Crippen molar-refractivity contribution >= 4 is 5.97 Å². The van der Waals surface area contributed by atoms with Gasteiger partial charge in [0.1, 0.15) is 0 Å². The Balaban J connectivity index is 1.36. The fourth-order valence-corrected chi connectivity index (χ4v) is 6.42. The molecule has 2 saturated carbocycles. The molecule has 3 heteroatoms. The number of carbonyl (C=O) groups excluding carboxylic acids is 1. The van der Waals surface area contributed by atoms with Gasteiger partial charge in [0.05, 0.1) is 6.61 Å². The number of esters is 1. The summed E-state index contributed by atoms with van der Waals surface area (Å²) in [6.45, 7) is 4.50. The topological polar surface area (TPSA) is 46.5 Å². The molecular weight excluding hydrogens is 420 g/mol. The van der Waals surface area contributed by atoms with E-state index in [1.165, 1.54) is 88.2 Å². The zero-order chi connectivity index (χ0) is 24.2. The van der Waals surface area contributed by atoms with E-state index in [-0.39, 0.29) is 18.5 Å². The summed E-state index contributed by atoms with van der Waals surface area (Å²) in [6, 6.07) is 9.22. The van der Waals surface area contributed by atoms with Gasteiger partial charge in [0.2, 0.25) is 0 Å². The first-order valence-corrected chi connectivity index (χ1v) is 14.5. The van der Waals surface area contributed by atoms with Gasteiger partial charge in [-0.25, -0.2) is 0 Å². The van der Waals surface area contributed by atoms with Crippen molar-refractivity contribution in [1.82, 2.24) is 0 Å². The highest BCUT2D eigenvalue weighted by atomic mass is 16.5. The van der Waals surface area contributed by atoms with Crippen LogP contribution in [0.2, 0.25) is 0 Å². The molecule has 1 atom stereocenters. The predicted molar refractivity (Wildman–Crippen MR) is 141 cm³/mol. The second kappa shape index (κ2) is 14.9. The lowest BCUT2D eigenvalue weighted by Crippen LogP contribution is -2.25. The number of ether oxygens (including phenoxy) is 1. The number of aryl methyl sites for hydroxylation is 1. The zero-order valence-electron chi connectivity index (χ0n) is 22.0. The third-order valence-electron chi connectivity index (χ3n) is 8.87. The summed E-state index contributed by atoms with van der Waals surface area (Å²) < 4.78 is 5.21. The highest BCUT2D eigenvalue weighted by Gasteiger charge is 2.31. The molecule has 0 aliphatic heterocycles. The number of hydrogen-bond acceptors (Lipinski definition) is 3. The van der Waals surface area contributed by atoms with Gasteiger partial charge in [-0.05, 0) is 86.2 Å². The Bertz CT molecular complexity index is 681. The minimum Gasteiger partial charge on any atom is -0.465 e. The minimum atomic E-state index is -0.187. The van der Waals surface area contributed by atoms with Crippen LogP contribution in [0.3, 0.4) is 0 Å². The van der Waals surface area contributed by atoms with E-state index in [9.17, 15) is 9.90 Å². The molecule has 2 aliphatic rings. The molecule has 3 nitrogen and oxygen atoms in total. The molecule has 0 spiro atoms. The van der Waals surface area contributed by atoms with Crippen LogP contribution in [0.1, 0.15) is 121 Å². The molecule has 0 amide bonds. The second-order valence-corrected chi connectivity index (χ2v) is 11.3. The fourth-order valence-electron chi connectivity index (χ4n) is 6.42. The summed E-state index contributed by atoms with van der Waals surface area (Å²) in [5.74, 6) is 3.57. The van der Waals surface area contributed by atoms with Crippen LogP contribution in [-0.4, -0.2) is 24.3 Å². The fraction of sp³-hybridized carbons (Fsp3) is 0.774. The van der Waals surface area contributed by atoms with Gasteiger partial charge >= 0.3 is 5.97 Å². The molecular formula is C31H50O3. The SMILES string of the molecule is CCCCCC1CCC(C2CCC(c3ccc(CCC(CO)COC(=O)CC)cc3)CC2)CC1. The first-order valence-electron chi connectivity index (χ1n) is 14.5. The highest BCUT2D eigenvalue weighted by Crippen LogP contribution is 2.44. The largest absolute Gasteiger partial charge is 0.465 e. The lowest BCUT2D eigenvalue weighted by atomic mass is 9.68. The van der Waals surface area contributed by atoms with E-state index < -0.39 is 0 Å². The smallest absolute Gasteiger partial charge is 0.305 e. The Morgan fingerprint density at radius 2 is 1.59 bits per heavy atom. The maximum absolute atomic E-state index is 11.4. The third kappa shape index (κ3) is 8.70. The molecule has 2 aliphatic carbocycles. The van der Waals surface area contributed by atoms with E-state index in [4.69, 9.17) is 4.74 Å². The van der Waals surface area contributed by atoms with E-state index in [2.05, 4.69) is 31.2 Å². The number of unbranched alkanes of at least 4 members (excludes halogenated alkanes) is 2. The summed E-state index contributed by atoms with van der Waals surface area (Å²) in [5.41, 5.74) is 2.82. The molecule has 1 unspecified atom stereocenters. The molecule has 3 rings (SSSR count). The lowest BCUT2D eigenvalue weighted by Gasteiger charge is -2.38. The van der Waals surface area contributed by atoms with Crippen LogP contribution in [-0.2, 0) is 16.0 Å². The Kier molecular flexibility index (Phi) is 11.9. The first-order chi connectivity index (χ1) is 16.6. The number of carbonyl (C=O) groups is 1. The maximum atomic E-state index is 11.4. The molecule has 0 heterocycles. The molecule has 1 aromatic rings. The van der Waals surface area contributed by atoms with E-state index in [0.29, 0.717) is 13.0 Å². The van der Waals surface area contributed by atoms with Gasteiger partial charge in [-0.15, -0.1) is 0 Å². The molecule has 34 heavy (non-hydrogen) atoms. The Morgan fingerprint density at radius 3 is 2.18 bits per heavy atom. The Labute approximate surface area is 209 Å². The minimum absolute atomic E-state index is 0.0249. The van der Waals surface area contributed by atoms with Crippen molar-refractivity contribution in [2.24, 2.45) is 23.7 Å². The van der Waals surface area contributed by atoms with Crippen LogP contribution < -0.4 is 0 Å². The van der Waals surface area contributed by atoms with Crippen molar-refractivity contribution in [2.75, 3.05) is 13.2 Å². The van der Waals surface area contributed by atoms with Gasteiger partial charge in [0.15, 0.2) is 0 Å². The predicted octanol–water partition coefficient (Wildman–Crippen LogP) is 7.84. The number of rotatable bonds is 13. The van der Waals surface area contributed by atoms with Gasteiger partial charge in [-0.1, -0.05) is 76.6 Å². The van der Waals surface area contributed by atoms with Gasteiger partial charge in [0, 0.05) is 18.9 Å². The molecule has 0 aromatic heterocycles. The highest BCUT2D eigenvalue weighted by molar-refractivity contribution is 5.68. The quantitative estimate of drug-likeness (QED) is 0.236. The molecule has 0 saturated heterocycles. The van der Waals surface area contributed by atoms with Crippen LogP contribution >= 0.6 is 0 Å². The van der Waals surface area contributed by atoms with Gasteiger partial charge in [-0.2, -0.15) is 0 Å². The Hall–Kier alpha value is -1.35. The van der Waals surface area contributed by atoms with Crippen LogP contribution in [0.4, 0.5) is 0 Å². The van der Waals surface area contributed by atoms with Crippen molar-refractivity contribution in [3.63, 3.8) is 0 Å². The maximum Gasteiger partial charge on any atom is 0.305 e. The second-order valence-electron chi connectivity index (χ2n) is 11.3. The summed E-state index contributed by atoms with van der Waals surface area (Å²) >= 11 is 0. The number of aliphatic hydroxyl groups excluding tert-OH is 1. The molecule has 0 radical (unpaired) electrons. The average molecular weight is 471 g/mol. The van der Waals surface area contributed by atoms with Crippen LogP contribution in [0, 0.1) is 23.7 Å². The summed E-state index contributed by atoms with van der Waals surface area (Å²) in [5, 5.41) is 9.58. The summed E-state index contributed by atoms with van der Waals surface area (Å²) in [6.07, 6.45) is 19.4.